The highest BCUT2D eigenvalue weighted by Crippen LogP contribution is 2.04. The average molecular weight is 220 g/mol. The first kappa shape index (κ1) is 11.9. The van der Waals surface area contributed by atoms with Crippen LogP contribution in [0.1, 0.15) is 12.6 Å². The van der Waals surface area contributed by atoms with Crippen LogP contribution in [0.2, 0.25) is 0 Å². The van der Waals surface area contributed by atoms with Gasteiger partial charge in [0.2, 0.25) is 5.95 Å². The second-order valence-corrected chi connectivity index (χ2v) is 3.01. The lowest BCUT2D eigenvalue weighted by Gasteiger charge is -2.15. The Morgan fingerprint density at radius 2 is 2.44 bits per heavy atom. The second kappa shape index (κ2) is 5.66. The van der Waals surface area contributed by atoms with Crippen molar-refractivity contribution in [1.82, 2.24) is 9.97 Å². The molecule has 0 radical (unpaired) electrons. The number of nitrogens with zero attached hydrogens (tertiary/aromatic N) is 4. The maximum atomic E-state index is 11.2. The maximum Gasteiger partial charge on any atom is 0.325 e. The number of anilines is 1. The van der Waals surface area contributed by atoms with Crippen LogP contribution in [-0.2, 0) is 9.53 Å². The number of aromatic nitrogens is 2. The summed E-state index contributed by atoms with van der Waals surface area (Å²) in [5.74, 6) is -0.0249. The molecule has 84 valence electrons. The van der Waals surface area contributed by atoms with E-state index in [4.69, 9.17) is 10.00 Å². The molecule has 1 aromatic rings. The standard InChI is InChI=1S/C10H12N4O2/c1-3-16-9(15)7-14(2)10-12-5-4-8(6-11)13-10/h4-5H,3,7H2,1-2H3. The monoisotopic (exact) mass is 220 g/mol. The number of nitriles is 1. The van der Waals surface area contributed by atoms with Gasteiger partial charge in [-0.2, -0.15) is 5.26 Å². The molecule has 0 saturated carbocycles. The summed E-state index contributed by atoms with van der Waals surface area (Å²) in [7, 11) is 1.66. The highest BCUT2D eigenvalue weighted by Gasteiger charge is 2.10. The fourth-order valence-electron chi connectivity index (χ4n) is 1.07. The summed E-state index contributed by atoms with van der Waals surface area (Å²) in [4.78, 5) is 20.6. The van der Waals surface area contributed by atoms with Gasteiger partial charge in [0.1, 0.15) is 18.3 Å². The van der Waals surface area contributed by atoms with Crippen LogP contribution in [-0.4, -0.2) is 36.1 Å². The van der Waals surface area contributed by atoms with Crippen molar-refractivity contribution in [3.63, 3.8) is 0 Å². The molecular formula is C10H12N4O2. The molecule has 6 nitrogen and oxygen atoms in total. The van der Waals surface area contributed by atoms with E-state index in [0.717, 1.165) is 0 Å². The Morgan fingerprint density at radius 3 is 3.06 bits per heavy atom. The van der Waals surface area contributed by atoms with Crippen molar-refractivity contribution in [2.24, 2.45) is 0 Å². The van der Waals surface area contributed by atoms with Crippen molar-refractivity contribution in [2.45, 2.75) is 6.92 Å². The molecule has 0 aliphatic heterocycles. The van der Waals surface area contributed by atoms with E-state index in [0.29, 0.717) is 12.6 Å². The van der Waals surface area contributed by atoms with Crippen LogP contribution in [0, 0.1) is 11.3 Å². The van der Waals surface area contributed by atoms with Crippen molar-refractivity contribution in [3.05, 3.63) is 18.0 Å². The molecule has 0 saturated heterocycles. The quantitative estimate of drug-likeness (QED) is 0.681. The summed E-state index contributed by atoms with van der Waals surface area (Å²) in [5.41, 5.74) is 0.265. The third kappa shape index (κ3) is 3.20. The fourth-order valence-corrected chi connectivity index (χ4v) is 1.07. The van der Waals surface area contributed by atoms with E-state index >= 15 is 0 Å². The molecule has 0 aliphatic rings. The normalized spacial score (nSPS) is 9.31. The van der Waals surface area contributed by atoms with Crippen LogP contribution in [0.15, 0.2) is 12.3 Å². The summed E-state index contributed by atoms with van der Waals surface area (Å²) in [6.07, 6.45) is 1.47. The first-order chi connectivity index (χ1) is 7.67. The van der Waals surface area contributed by atoms with Gasteiger partial charge in [-0.05, 0) is 13.0 Å². The number of carbonyl (C=O) groups excluding carboxylic acids is 1. The Kier molecular flexibility index (Phi) is 4.21. The minimum atomic E-state index is -0.351. The topological polar surface area (TPSA) is 79.1 Å². The van der Waals surface area contributed by atoms with Gasteiger partial charge >= 0.3 is 5.97 Å². The van der Waals surface area contributed by atoms with Gasteiger partial charge in [-0.15, -0.1) is 0 Å². The molecule has 0 spiro atoms. The highest BCUT2D eigenvalue weighted by molar-refractivity contribution is 5.74. The van der Waals surface area contributed by atoms with Gasteiger partial charge in [0.25, 0.3) is 0 Å². The summed E-state index contributed by atoms with van der Waals surface area (Å²) >= 11 is 0. The molecule has 0 bridgehead atoms. The number of esters is 1. The van der Waals surface area contributed by atoms with Crippen molar-refractivity contribution in [2.75, 3.05) is 25.1 Å². The number of likely N-dealkylation sites (N-methyl/N-ethyl adjacent to an activating group) is 1. The number of rotatable bonds is 4. The molecule has 16 heavy (non-hydrogen) atoms. The molecule has 0 amide bonds. The van der Waals surface area contributed by atoms with Gasteiger partial charge in [0, 0.05) is 13.2 Å². The van der Waals surface area contributed by atoms with Crippen LogP contribution in [0.5, 0.6) is 0 Å². The molecule has 6 heteroatoms. The largest absolute Gasteiger partial charge is 0.465 e. The van der Waals surface area contributed by atoms with Crippen LogP contribution in [0.3, 0.4) is 0 Å². The first-order valence-corrected chi connectivity index (χ1v) is 4.77. The predicted molar refractivity (Wildman–Crippen MR) is 56.7 cm³/mol. The van der Waals surface area contributed by atoms with Crippen LogP contribution in [0.4, 0.5) is 5.95 Å². The molecule has 1 heterocycles. The lowest BCUT2D eigenvalue weighted by atomic mass is 10.4. The minimum absolute atomic E-state index is 0.0583. The molecule has 0 atom stereocenters. The molecule has 1 aromatic heterocycles. The Morgan fingerprint density at radius 1 is 1.69 bits per heavy atom. The zero-order valence-corrected chi connectivity index (χ0v) is 9.17. The zero-order valence-electron chi connectivity index (χ0n) is 9.17. The van der Waals surface area contributed by atoms with Crippen LogP contribution < -0.4 is 4.90 Å². The maximum absolute atomic E-state index is 11.2. The molecular weight excluding hydrogens is 208 g/mol. The summed E-state index contributed by atoms with van der Waals surface area (Å²) in [6, 6.07) is 3.41. The lowest BCUT2D eigenvalue weighted by Crippen LogP contribution is -2.28. The summed E-state index contributed by atoms with van der Waals surface area (Å²) in [5, 5.41) is 8.66. The lowest BCUT2D eigenvalue weighted by molar-refractivity contribution is -0.141. The smallest absolute Gasteiger partial charge is 0.325 e. The van der Waals surface area contributed by atoms with Gasteiger partial charge in [0.05, 0.1) is 6.61 Å². The molecule has 0 fully saturated rings. The van der Waals surface area contributed by atoms with E-state index in [1.54, 1.807) is 14.0 Å². The third-order valence-electron chi connectivity index (χ3n) is 1.77. The van der Waals surface area contributed by atoms with E-state index in [9.17, 15) is 4.79 Å². The van der Waals surface area contributed by atoms with Gasteiger partial charge in [-0.1, -0.05) is 0 Å². The Labute approximate surface area is 93.5 Å². The van der Waals surface area contributed by atoms with Gasteiger partial charge in [-0.3, -0.25) is 4.79 Å². The second-order valence-electron chi connectivity index (χ2n) is 3.01. The first-order valence-electron chi connectivity index (χ1n) is 4.77. The summed E-state index contributed by atoms with van der Waals surface area (Å²) < 4.78 is 4.79. The number of ether oxygens (including phenoxy) is 1. The van der Waals surface area contributed by atoms with Crippen molar-refractivity contribution in [1.29, 1.82) is 5.26 Å². The molecule has 1 rings (SSSR count). The van der Waals surface area contributed by atoms with Crippen LogP contribution >= 0.6 is 0 Å². The van der Waals surface area contributed by atoms with Gasteiger partial charge < -0.3 is 9.64 Å². The average Bonchev–Trinajstić information content (AvgIpc) is 2.29. The van der Waals surface area contributed by atoms with Gasteiger partial charge in [0.15, 0.2) is 0 Å². The van der Waals surface area contributed by atoms with E-state index in [1.807, 2.05) is 6.07 Å². The zero-order chi connectivity index (χ0) is 12.0. The Hall–Kier alpha value is -2.16. The van der Waals surface area contributed by atoms with E-state index < -0.39 is 0 Å². The van der Waals surface area contributed by atoms with Crippen LogP contribution in [0.25, 0.3) is 0 Å². The van der Waals surface area contributed by atoms with Crippen molar-refractivity contribution < 1.29 is 9.53 Å². The van der Waals surface area contributed by atoms with E-state index in [-0.39, 0.29) is 18.2 Å². The molecule has 0 aromatic carbocycles. The SMILES string of the molecule is CCOC(=O)CN(C)c1nccc(C#N)n1. The minimum Gasteiger partial charge on any atom is -0.465 e. The van der Waals surface area contributed by atoms with Crippen molar-refractivity contribution >= 4 is 11.9 Å². The third-order valence-corrected chi connectivity index (χ3v) is 1.77. The number of hydrogen-bond donors (Lipinski definition) is 0. The molecule has 0 unspecified atom stereocenters. The number of carbonyl (C=O) groups is 1. The fraction of sp³-hybridized carbons (Fsp3) is 0.400. The molecule has 0 N–H and O–H groups in total. The summed E-state index contributed by atoms with van der Waals surface area (Å²) in [6.45, 7) is 2.14. The van der Waals surface area contributed by atoms with Gasteiger partial charge in [-0.25, -0.2) is 9.97 Å². The Balaban J connectivity index is 2.69. The number of hydrogen-bond acceptors (Lipinski definition) is 6. The van der Waals surface area contributed by atoms with E-state index in [1.165, 1.54) is 17.2 Å². The van der Waals surface area contributed by atoms with Crippen molar-refractivity contribution in [3.8, 4) is 6.07 Å². The van der Waals surface area contributed by atoms with E-state index in [2.05, 4.69) is 9.97 Å². The Bertz CT molecular complexity index is 414. The molecule has 0 aliphatic carbocycles. The highest BCUT2D eigenvalue weighted by atomic mass is 16.5. The predicted octanol–water partition coefficient (Wildman–Crippen LogP) is 0.348.